The van der Waals surface area contributed by atoms with Crippen LogP contribution < -0.4 is 9.67 Å². The Morgan fingerprint density at radius 2 is 2.15 bits per heavy atom. The van der Waals surface area contributed by atoms with Crippen molar-refractivity contribution in [3.8, 4) is 0 Å². The normalized spacial score (nSPS) is 10.0. The Kier molecular flexibility index (Phi) is 2.05. The number of aromatic nitrogens is 2. The topological polar surface area (TPSA) is 86.2 Å². The third-order valence-corrected chi connectivity index (χ3v) is 1.73. The highest BCUT2D eigenvalue weighted by atomic mass is 16.4. The Labute approximate surface area is 73.7 Å². The zero-order chi connectivity index (χ0) is 10.2. The highest BCUT2D eigenvalue weighted by molar-refractivity contribution is 5.87. The number of aryl methyl sites for hydroxylation is 1. The Balaban J connectivity index is 3.39. The smallest absolute Gasteiger partial charge is 0.419 e. The van der Waals surface area contributed by atoms with Gasteiger partial charge in [0.05, 0.1) is 14.1 Å². The molecule has 1 N–H and O–H groups in total. The van der Waals surface area contributed by atoms with Gasteiger partial charge in [0.15, 0.2) is 5.69 Å². The summed E-state index contributed by atoms with van der Waals surface area (Å²) in [6.45, 7) is 0. The molecule has 0 fully saturated rings. The van der Waals surface area contributed by atoms with Crippen LogP contribution in [0.2, 0.25) is 0 Å². The molecule has 13 heavy (non-hydrogen) atoms. The molecule has 6 heteroatoms. The second-order valence-corrected chi connectivity index (χ2v) is 2.60. The van der Waals surface area contributed by atoms with E-state index in [1.54, 1.807) is 0 Å². The molecule has 0 atom stereocenters. The highest BCUT2D eigenvalue weighted by Gasteiger charge is 2.24. The Morgan fingerprint density at radius 3 is 2.38 bits per heavy atom. The molecule has 1 heterocycles. The molecule has 1 rings (SSSR count). The van der Waals surface area contributed by atoms with Crippen LogP contribution in [-0.2, 0) is 14.1 Å². The summed E-state index contributed by atoms with van der Waals surface area (Å²) in [5, 5.41) is 19.2. The summed E-state index contributed by atoms with van der Waals surface area (Å²) in [6.07, 6.45) is 1.19. The van der Waals surface area contributed by atoms with E-state index in [9.17, 15) is 14.7 Å². The lowest BCUT2D eigenvalue weighted by Crippen LogP contribution is -2.34. The minimum atomic E-state index is -1.40. The molecule has 70 valence electrons. The summed E-state index contributed by atoms with van der Waals surface area (Å²) >= 11 is 0. The molecule has 1 aromatic heterocycles. The van der Waals surface area contributed by atoms with Gasteiger partial charge in [0.1, 0.15) is 12.2 Å². The quantitative estimate of drug-likeness (QED) is 0.534. The zero-order valence-electron chi connectivity index (χ0n) is 7.14. The van der Waals surface area contributed by atoms with Crippen LogP contribution in [0.1, 0.15) is 21.1 Å². The predicted octanol–water partition coefficient (Wildman–Crippen LogP) is -2.09. The fourth-order valence-electron chi connectivity index (χ4n) is 1.17. The minimum Gasteiger partial charge on any atom is -0.541 e. The molecule has 0 saturated carbocycles. The molecule has 0 aliphatic rings. The third-order valence-electron chi connectivity index (χ3n) is 1.73. The maximum Gasteiger partial charge on any atom is 0.419 e. The van der Waals surface area contributed by atoms with E-state index in [0.717, 1.165) is 4.57 Å². The molecule has 0 aromatic carbocycles. The average Bonchev–Trinajstić information content (AvgIpc) is 2.26. The maximum atomic E-state index is 10.6. The zero-order valence-corrected chi connectivity index (χ0v) is 7.14. The molecule has 0 radical (unpaired) electrons. The maximum absolute atomic E-state index is 10.6. The van der Waals surface area contributed by atoms with Crippen LogP contribution in [0.4, 0.5) is 0 Å². The van der Waals surface area contributed by atoms with Gasteiger partial charge in [-0.2, -0.15) is 0 Å². The van der Waals surface area contributed by atoms with Crippen LogP contribution in [-0.4, -0.2) is 21.6 Å². The van der Waals surface area contributed by atoms with E-state index in [0.29, 0.717) is 0 Å². The van der Waals surface area contributed by atoms with Crippen molar-refractivity contribution in [3.05, 3.63) is 17.7 Å². The molecule has 0 bridgehead atoms. The van der Waals surface area contributed by atoms with E-state index in [4.69, 9.17) is 5.11 Å². The number of carboxylic acids is 2. The van der Waals surface area contributed by atoms with Crippen LogP contribution in [0.3, 0.4) is 0 Å². The summed E-state index contributed by atoms with van der Waals surface area (Å²) in [5.41, 5.74) is -0.167. The van der Waals surface area contributed by atoms with Crippen molar-refractivity contribution in [2.75, 3.05) is 0 Å². The fourth-order valence-corrected chi connectivity index (χ4v) is 1.17. The lowest BCUT2D eigenvalue weighted by molar-refractivity contribution is -0.673. The number of carbonyl (C=O) groups is 2. The molecule has 0 spiro atoms. The Bertz CT molecular complexity index is 380. The molecular weight excluding hydrogens is 176 g/mol. The lowest BCUT2D eigenvalue weighted by atomic mass is 10.5. The molecule has 0 amide bonds. The summed E-state index contributed by atoms with van der Waals surface area (Å²) in [7, 11) is 2.81. The molecule has 0 saturated heterocycles. The van der Waals surface area contributed by atoms with Crippen molar-refractivity contribution in [1.29, 1.82) is 0 Å². The van der Waals surface area contributed by atoms with Gasteiger partial charge in [0.2, 0.25) is 0 Å². The number of hydrogen-bond donors (Lipinski definition) is 1. The second kappa shape index (κ2) is 2.89. The van der Waals surface area contributed by atoms with Crippen molar-refractivity contribution in [1.82, 2.24) is 4.57 Å². The summed E-state index contributed by atoms with van der Waals surface area (Å²) in [4.78, 5) is 21.1. The van der Waals surface area contributed by atoms with E-state index in [2.05, 4.69) is 0 Å². The first-order valence-corrected chi connectivity index (χ1v) is 3.45. The van der Waals surface area contributed by atoms with E-state index < -0.39 is 11.9 Å². The van der Waals surface area contributed by atoms with Gasteiger partial charge in [-0.05, 0) is 0 Å². The monoisotopic (exact) mass is 184 g/mol. The SMILES string of the molecule is Cn1c(C(=O)[O-])c[n+](C)c1C(=O)O. The average molecular weight is 184 g/mol. The third kappa shape index (κ3) is 1.37. The largest absolute Gasteiger partial charge is 0.541 e. The van der Waals surface area contributed by atoms with Gasteiger partial charge >= 0.3 is 11.8 Å². The number of hydrogen-bond acceptors (Lipinski definition) is 3. The van der Waals surface area contributed by atoms with Crippen LogP contribution in [0.5, 0.6) is 0 Å². The van der Waals surface area contributed by atoms with Gasteiger partial charge in [-0.25, -0.2) is 13.9 Å². The summed E-state index contributed by atoms with van der Waals surface area (Å²) in [5.74, 6) is -2.69. The molecule has 1 aromatic rings. The molecule has 0 unspecified atom stereocenters. The number of carboxylic acid groups (broad SMARTS) is 2. The van der Waals surface area contributed by atoms with Crippen LogP contribution >= 0.6 is 0 Å². The van der Waals surface area contributed by atoms with E-state index in [1.807, 2.05) is 0 Å². The summed E-state index contributed by atoms with van der Waals surface area (Å²) in [6, 6.07) is 0. The minimum absolute atomic E-state index is 0.112. The highest BCUT2D eigenvalue weighted by Crippen LogP contribution is 1.98. The second-order valence-electron chi connectivity index (χ2n) is 2.60. The number of aromatic carboxylic acids is 2. The van der Waals surface area contributed by atoms with Gasteiger partial charge in [0.25, 0.3) is 0 Å². The van der Waals surface area contributed by atoms with E-state index in [1.165, 1.54) is 24.9 Å². The van der Waals surface area contributed by atoms with E-state index in [-0.39, 0.29) is 11.5 Å². The van der Waals surface area contributed by atoms with E-state index >= 15 is 0 Å². The Hall–Kier alpha value is -1.85. The number of carbonyl (C=O) groups excluding carboxylic acids is 1. The van der Waals surface area contributed by atoms with Crippen LogP contribution in [0, 0.1) is 0 Å². The van der Waals surface area contributed by atoms with Gasteiger partial charge in [-0.1, -0.05) is 0 Å². The van der Waals surface area contributed by atoms with Crippen molar-refractivity contribution in [3.63, 3.8) is 0 Å². The van der Waals surface area contributed by atoms with Crippen molar-refractivity contribution < 1.29 is 24.4 Å². The first kappa shape index (κ1) is 9.24. The standard InChI is InChI=1S/C7H8N2O4/c1-8-3-4(6(10)11)9(2)5(8)7(12)13/h3H,1-2H3,(H-,10,11,12,13). The summed E-state index contributed by atoms with van der Waals surface area (Å²) < 4.78 is 2.27. The molecule has 0 aliphatic carbocycles. The van der Waals surface area contributed by atoms with Crippen molar-refractivity contribution in [2.45, 2.75) is 0 Å². The van der Waals surface area contributed by atoms with Crippen LogP contribution in [0.25, 0.3) is 0 Å². The predicted molar refractivity (Wildman–Crippen MR) is 37.9 cm³/mol. The number of rotatable bonds is 2. The molecule has 0 aliphatic heterocycles. The molecule has 6 nitrogen and oxygen atoms in total. The van der Waals surface area contributed by atoms with Crippen molar-refractivity contribution >= 4 is 11.9 Å². The Morgan fingerprint density at radius 1 is 1.62 bits per heavy atom. The fraction of sp³-hybridized carbons (Fsp3) is 0.286. The number of nitrogens with zero attached hydrogens (tertiary/aromatic N) is 2. The van der Waals surface area contributed by atoms with Gasteiger partial charge in [-0.3, -0.25) is 0 Å². The van der Waals surface area contributed by atoms with Gasteiger partial charge in [-0.15, -0.1) is 0 Å². The first-order valence-electron chi connectivity index (χ1n) is 3.45. The number of imidazole rings is 1. The lowest BCUT2D eigenvalue weighted by Gasteiger charge is -1.95. The first-order chi connectivity index (χ1) is 5.95. The molecular formula is C7H8N2O4. The van der Waals surface area contributed by atoms with Gasteiger partial charge < -0.3 is 15.0 Å². The van der Waals surface area contributed by atoms with Crippen LogP contribution in [0.15, 0.2) is 6.20 Å². The van der Waals surface area contributed by atoms with Crippen molar-refractivity contribution in [2.24, 2.45) is 14.1 Å². The van der Waals surface area contributed by atoms with Gasteiger partial charge in [0, 0.05) is 0 Å².